The first-order valence-corrected chi connectivity index (χ1v) is 8.80. The Morgan fingerprint density at radius 1 is 1.36 bits per heavy atom. The van der Waals surface area contributed by atoms with Crippen molar-refractivity contribution in [2.45, 2.75) is 39.2 Å². The molecule has 1 saturated heterocycles. The third kappa shape index (κ3) is 4.01. The van der Waals surface area contributed by atoms with Gasteiger partial charge in [0, 0.05) is 35.9 Å². The summed E-state index contributed by atoms with van der Waals surface area (Å²) in [6.07, 6.45) is 7.05. The lowest BCUT2D eigenvalue weighted by molar-refractivity contribution is 0.139. The van der Waals surface area contributed by atoms with Crippen molar-refractivity contribution in [3.05, 3.63) is 29.7 Å². The van der Waals surface area contributed by atoms with E-state index in [2.05, 4.69) is 45.1 Å². The number of hydrogen-bond acceptors (Lipinski definition) is 6. The quantitative estimate of drug-likeness (QED) is 0.916. The van der Waals surface area contributed by atoms with Crippen LogP contribution in [0.25, 0.3) is 0 Å². The van der Waals surface area contributed by atoms with E-state index < -0.39 is 0 Å². The van der Waals surface area contributed by atoms with E-state index in [0.717, 1.165) is 23.1 Å². The van der Waals surface area contributed by atoms with Crippen LogP contribution in [-0.4, -0.2) is 39.0 Å². The lowest BCUT2D eigenvalue weighted by atomic mass is 9.92. The number of thiazole rings is 1. The molecule has 0 aliphatic carbocycles. The Kier molecular flexibility index (Phi) is 5.00. The van der Waals surface area contributed by atoms with Crippen LogP contribution in [-0.2, 0) is 6.42 Å². The summed E-state index contributed by atoms with van der Waals surface area (Å²) in [4.78, 5) is 15.5. The Hall–Kier alpha value is -1.53. The Bertz CT molecular complexity index is 584. The molecule has 5 nitrogen and oxygen atoms in total. The summed E-state index contributed by atoms with van der Waals surface area (Å²) in [6, 6.07) is 2.69. The van der Waals surface area contributed by atoms with E-state index >= 15 is 0 Å². The van der Waals surface area contributed by atoms with Gasteiger partial charge in [-0.3, -0.25) is 0 Å². The standard InChI is InChI=1S/C16H23N5S/c1-12(2)21-6-3-4-13(10-21)8-14-9-15(19-11-18-14)20-16-17-5-7-22-16/h5,7,9,11-13H,3-4,6,8,10H2,1-2H3,(H,17,18,19,20). The van der Waals surface area contributed by atoms with Crippen molar-refractivity contribution in [3.63, 3.8) is 0 Å². The Balaban J connectivity index is 1.62. The molecule has 0 amide bonds. The SMILES string of the molecule is CC(C)N1CCCC(Cc2cc(Nc3nccs3)ncn2)C1. The maximum Gasteiger partial charge on any atom is 0.188 e. The first-order valence-electron chi connectivity index (χ1n) is 7.92. The zero-order chi connectivity index (χ0) is 15.4. The van der Waals surface area contributed by atoms with E-state index in [9.17, 15) is 0 Å². The van der Waals surface area contributed by atoms with E-state index in [0.29, 0.717) is 12.0 Å². The monoisotopic (exact) mass is 317 g/mol. The normalized spacial score (nSPS) is 19.5. The molecule has 0 saturated carbocycles. The van der Waals surface area contributed by atoms with Crippen LogP contribution in [0.3, 0.4) is 0 Å². The summed E-state index contributed by atoms with van der Waals surface area (Å²) in [5.74, 6) is 1.52. The van der Waals surface area contributed by atoms with Gasteiger partial charge >= 0.3 is 0 Å². The van der Waals surface area contributed by atoms with E-state index in [1.807, 2.05) is 5.38 Å². The highest BCUT2D eigenvalue weighted by Gasteiger charge is 2.22. The molecule has 3 heterocycles. The fourth-order valence-electron chi connectivity index (χ4n) is 3.00. The predicted octanol–water partition coefficient (Wildman–Crippen LogP) is 3.34. The Labute approximate surface area is 135 Å². The third-order valence-corrected chi connectivity index (χ3v) is 4.86. The minimum absolute atomic E-state index is 0.635. The topological polar surface area (TPSA) is 53.9 Å². The van der Waals surface area contributed by atoms with Gasteiger partial charge in [0.25, 0.3) is 0 Å². The lowest BCUT2D eigenvalue weighted by Gasteiger charge is -2.35. The molecule has 0 radical (unpaired) electrons. The lowest BCUT2D eigenvalue weighted by Crippen LogP contribution is -2.40. The van der Waals surface area contributed by atoms with Gasteiger partial charge in [0.2, 0.25) is 0 Å². The third-order valence-electron chi connectivity index (χ3n) is 4.17. The van der Waals surface area contributed by atoms with Gasteiger partial charge in [0.05, 0.1) is 0 Å². The molecule has 1 N–H and O–H groups in total. The summed E-state index contributed by atoms with van der Waals surface area (Å²) >= 11 is 1.57. The average Bonchev–Trinajstić information content (AvgIpc) is 3.01. The van der Waals surface area contributed by atoms with E-state index in [1.54, 1.807) is 23.9 Å². The van der Waals surface area contributed by atoms with Crippen molar-refractivity contribution in [1.82, 2.24) is 19.9 Å². The summed E-state index contributed by atoms with van der Waals surface area (Å²) < 4.78 is 0. The first-order chi connectivity index (χ1) is 10.7. The number of anilines is 2. The number of nitrogens with zero attached hydrogens (tertiary/aromatic N) is 4. The van der Waals surface area contributed by atoms with Crippen molar-refractivity contribution >= 4 is 22.3 Å². The number of likely N-dealkylation sites (tertiary alicyclic amines) is 1. The van der Waals surface area contributed by atoms with Gasteiger partial charge in [0.1, 0.15) is 12.1 Å². The number of hydrogen-bond donors (Lipinski definition) is 1. The number of piperidine rings is 1. The second-order valence-corrected chi connectivity index (χ2v) is 7.05. The van der Waals surface area contributed by atoms with Crippen LogP contribution in [0.5, 0.6) is 0 Å². The molecule has 6 heteroatoms. The minimum atomic E-state index is 0.635. The maximum atomic E-state index is 4.45. The molecule has 118 valence electrons. The molecule has 1 aliphatic rings. The van der Waals surface area contributed by atoms with Gasteiger partial charge in [0.15, 0.2) is 5.13 Å². The molecule has 3 rings (SSSR count). The Morgan fingerprint density at radius 2 is 2.27 bits per heavy atom. The van der Waals surface area contributed by atoms with Gasteiger partial charge in [-0.15, -0.1) is 11.3 Å². The van der Waals surface area contributed by atoms with Crippen LogP contribution >= 0.6 is 11.3 Å². The summed E-state index contributed by atoms with van der Waals surface area (Å²) in [6.45, 7) is 6.97. The molecule has 2 aromatic heterocycles. The van der Waals surface area contributed by atoms with Gasteiger partial charge in [-0.05, 0) is 45.6 Å². The highest BCUT2D eigenvalue weighted by Crippen LogP contribution is 2.23. The van der Waals surface area contributed by atoms with Gasteiger partial charge in [-0.25, -0.2) is 15.0 Å². The zero-order valence-corrected chi connectivity index (χ0v) is 14.0. The van der Waals surface area contributed by atoms with Crippen molar-refractivity contribution in [3.8, 4) is 0 Å². The molecule has 0 aromatic carbocycles. The molecule has 1 aliphatic heterocycles. The molecular weight excluding hydrogens is 294 g/mol. The van der Waals surface area contributed by atoms with Crippen LogP contribution in [0.1, 0.15) is 32.4 Å². The number of nitrogens with one attached hydrogen (secondary N) is 1. The molecule has 0 spiro atoms. The van der Waals surface area contributed by atoms with Crippen LogP contribution in [0, 0.1) is 5.92 Å². The summed E-state index contributed by atoms with van der Waals surface area (Å²) in [7, 11) is 0. The van der Waals surface area contributed by atoms with Crippen LogP contribution in [0.15, 0.2) is 24.0 Å². The van der Waals surface area contributed by atoms with Crippen molar-refractivity contribution in [2.24, 2.45) is 5.92 Å². The fraction of sp³-hybridized carbons (Fsp3) is 0.562. The number of rotatable bonds is 5. The van der Waals surface area contributed by atoms with E-state index in [1.165, 1.54) is 25.9 Å². The highest BCUT2D eigenvalue weighted by molar-refractivity contribution is 7.13. The molecule has 2 aromatic rings. The van der Waals surface area contributed by atoms with Gasteiger partial charge < -0.3 is 10.2 Å². The molecule has 1 fully saturated rings. The number of aromatic nitrogens is 3. The molecule has 1 atom stereocenters. The van der Waals surface area contributed by atoms with Crippen LogP contribution in [0.4, 0.5) is 10.9 Å². The van der Waals surface area contributed by atoms with E-state index in [4.69, 9.17) is 0 Å². The fourth-order valence-corrected chi connectivity index (χ4v) is 3.54. The Morgan fingerprint density at radius 3 is 3.05 bits per heavy atom. The second-order valence-electron chi connectivity index (χ2n) is 6.16. The maximum absolute atomic E-state index is 4.45. The van der Waals surface area contributed by atoms with Gasteiger partial charge in [-0.1, -0.05) is 0 Å². The van der Waals surface area contributed by atoms with Crippen LogP contribution < -0.4 is 5.32 Å². The zero-order valence-electron chi connectivity index (χ0n) is 13.2. The molecular formula is C16H23N5S. The van der Waals surface area contributed by atoms with Crippen LogP contribution in [0.2, 0.25) is 0 Å². The van der Waals surface area contributed by atoms with Crippen molar-refractivity contribution in [1.29, 1.82) is 0 Å². The highest BCUT2D eigenvalue weighted by atomic mass is 32.1. The van der Waals surface area contributed by atoms with Crippen molar-refractivity contribution in [2.75, 3.05) is 18.4 Å². The second kappa shape index (κ2) is 7.15. The molecule has 0 bridgehead atoms. The smallest absolute Gasteiger partial charge is 0.188 e. The van der Waals surface area contributed by atoms with E-state index in [-0.39, 0.29) is 0 Å². The largest absolute Gasteiger partial charge is 0.316 e. The molecule has 1 unspecified atom stereocenters. The minimum Gasteiger partial charge on any atom is -0.316 e. The molecule has 22 heavy (non-hydrogen) atoms. The summed E-state index contributed by atoms with van der Waals surface area (Å²) in [5.41, 5.74) is 1.12. The first kappa shape index (κ1) is 15.4. The summed E-state index contributed by atoms with van der Waals surface area (Å²) in [5, 5.41) is 6.05. The predicted molar refractivity (Wildman–Crippen MR) is 90.6 cm³/mol. The van der Waals surface area contributed by atoms with Gasteiger partial charge in [-0.2, -0.15) is 0 Å². The van der Waals surface area contributed by atoms with Crippen molar-refractivity contribution < 1.29 is 0 Å². The average molecular weight is 317 g/mol.